The number of aliphatic hydroxyl groups excluding tert-OH is 1. The number of amides is 1. The van der Waals surface area contributed by atoms with E-state index in [0.717, 1.165) is 19.4 Å². The molecular formula is C9H18N2O2. The van der Waals surface area contributed by atoms with Gasteiger partial charge >= 0.3 is 0 Å². The zero-order chi connectivity index (χ0) is 10.0. The lowest BCUT2D eigenvalue weighted by Gasteiger charge is -2.28. The SMILES string of the molecule is C[C@H](N)C(=O)N1CCC[C@H]1[C@H](C)O. The van der Waals surface area contributed by atoms with Gasteiger partial charge in [-0.2, -0.15) is 0 Å². The fraction of sp³-hybridized carbons (Fsp3) is 0.889. The van der Waals surface area contributed by atoms with Gasteiger partial charge in [-0.1, -0.05) is 0 Å². The minimum absolute atomic E-state index is 0.0292. The Hall–Kier alpha value is -0.610. The van der Waals surface area contributed by atoms with Crippen LogP contribution in [0.15, 0.2) is 0 Å². The molecule has 0 aromatic rings. The standard InChI is InChI=1S/C9H18N2O2/c1-6(10)9(13)11-5-3-4-8(11)7(2)12/h6-8,12H,3-5,10H2,1-2H3/t6-,7-,8-/m0/s1. The van der Waals surface area contributed by atoms with E-state index >= 15 is 0 Å². The zero-order valence-electron chi connectivity index (χ0n) is 8.23. The molecule has 0 aromatic carbocycles. The Morgan fingerprint density at radius 2 is 2.23 bits per heavy atom. The summed E-state index contributed by atoms with van der Waals surface area (Å²) >= 11 is 0. The van der Waals surface area contributed by atoms with E-state index in [1.165, 1.54) is 0 Å². The quantitative estimate of drug-likeness (QED) is 0.622. The molecular weight excluding hydrogens is 168 g/mol. The first-order chi connectivity index (χ1) is 6.04. The van der Waals surface area contributed by atoms with Gasteiger partial charge in [-0.15, -0.1) is 0 Å². The third kappa shape index (κ3) is 2.19. The number of carbonyl (C=O) groups is 1. The van der Waals surface area contributed by atoms with Gasteiger partial charge in [0, 0.05) is 6.54 Å². The van der Waals surface area contributed by atoms with Gasteiger partial charge in [-0.25, -0.2) is 0 Å². The monoisotopic (exact) mass is 186 g/mol. The van der Waals surface area contributed by atoms with E-state index in [9.17, 15) is 9.90 Å². The van der Waals surface area contributed by atoms with Gasteiger partial charge in [0.1, 0.15) is 0 Å². The van der Waals surface area contributed by atoms with Crippen LogP contribution in [-0.2, 0) is 4.79 Å². The second-order valence-corrected chi connectivity index (χ2v) is 3.77. The summed E-state index contributed by atoms with van der Waals surface area (Å²) in [5.74, 6) is -0.0524. The highest BCUT2D eigenvalue weighted by Gasteiger charge is 2.32. The number of rotatable bonds is 2. The number of nitrogens with two attached hydrogens (primary N) is 1. The van der Waals surface area contributed by atoms with Gasteiger partial charge in [0.05, 0.1) is 18.2 Å². The van der Waals surface area contributed by atoms with Crippen LogP contribution < -0.4 is 5.73 Å². The molecule has 1 amide bonds. The topological polar surface area (TPSA) is 66.6 Å². The predicted molar refractivity (Wildman–Crippen MR) is 50.1 cm³/mol. The second kappa shape index (κ2) is 4.07. The molecule has 1 heterocycles. The molecule has 0 bridgehead atoms. The average Bonchev–Trinajstić information content (AvgIpc) is 2.50. The van der Waals surface area contributed by atoms with Crippen molar-refractivity contribution in [2.75, 3.05) is 6.54 Å². The van der Waals surface area contributed by atoms with Gasteiger partial charge in [-0.3, -0.25) is 4.79 Å². The molecule has 4 nitrogen and oxygen atoms in total. The highest BCUT2D eigenvalue weighted by molar-refractivity contribution is 5.81. The Morgan fingerprint density at radius 3 is 2.69 bits per heavy atom. The summed E-state index contributed by atoms with van der Waals surface area (Å²) in [5.41, 5.74) is 5.51. The molecule has 13 heavy (non-hydrogen) atoms. The van der Waals surface area contributed by atoms with E-state index in [4.69, 9.17) is 5.73 Å². The molecule has 1 saturated heterocycles. The van der Waals surface area contributed by atoms with Crippen LogP contribution in [0, 0.1) is 0 Å². The third-order valence-corrected chi connectivity index (χ3v) is 2.53. The summed E-state index contributed by atoms with van der Waals surface area (Å²) < 4.78 is 0. The summed E-state index contributed by atoms with van der Waals surface area (Å²) in [6.07, 6.45) is 1.40. The lowest BCUT2D eigenvalue weighted by atomic mass is 10.1. The summed E-state index contributed by atoms with van der Waals surface area (Å²) in [6, 6.07) is -0.488. The third-order valence-electron chi connectivity index (χ3n) is 2.53. The van der Waals surface area contributed by atoms with Crippen molar-refractivity contribution in [1.29, 1.82) is 0 Å². The zero-order valence-corrected chi connectivity index (χ0v) is 8.23. The molecule has 0 unspecified atom stereocenters. The molecule has 3 atom stereocenters. The molecule has 0 aliphatic carbocycles. The second-order valence-electron chi connectivity index (χ2n) is 3.77. The Bertz CT molecular complexity index is 192. The number of hydrogen-bond acceptors (Lipinski definition) is 3. The summed E-state index contributed by atoms with van der Waals surface area (Å²) in [5, 5.41) is 9.42. The molecule has 1 aliphatic heterocycles. The minimum Gasteiger partial charge on any atom is -0.391 e. The first-order valence-electron chi connectivity index (χ1n) is 4.78. The van der Waals surface area contributed by atoms with Crippen LogP contribution in [0.4, 0.5) is 0 Å². The van der Waals surface area contributed by atoms with Crippen LogP contribution in [0.2, 0.25) is 0 Å². The lowest BCUT2D eigenvalue weighted by Crippen LogP contribution is -2.47. The Kier molecular flexibility index (Phi) is 3.27. The number of nitrogens with zero attached hydrogens (tertiary/aromatic N) is 1. The predicted octanol–water partition coefficient (Wildman–Crippen LogP) is -0.295. The highest BCUT2D eigenvalue weighted by Crippen LogP contribution is 2.20. The summed E-state index contributed by atoms with van der Waals surface area (Å²) in [7, 11) is 0. The Labute approximate surface area is 78.7 Å². The Morgan fingerprint density at radius 1 is 1.62 bits per heavy atom. The van der Waals surface area contributed by atoms with Crippen molar-refractivity contribution in [2.24, 2.45) is 5.73 Å². The van der Waals surface area contributed by atoms with Crippen LogP contribution in [0.5, 0.6) is 0 Å². The van der Waals surface area contributed by atoms with Gasteiger partial charge in [-0.05, 0) is 26.7 Å². The Balaban J connectivity index is 2.63. The molecule has 76 valence electrons. The van der Waals surface area contributed by atoms with E-state index in [2.05, 4.69) is 0 Å². The summed E-state index contributed by atoms with van der Waals surface area (Å²) in [4.78, 5) is 13.3. The van der Waals surface area contributed by atoms with Crippen molar-refractivity contribution >= 4 is 5.91 Å². The van der Waals surface area contributed by atoms with Crippen LogP contribution in [0.25, 0.3) is 0 Å². The smallest absolute Gasteiger partial charge is 0.239 e. The number of carbonyl (C=O) groups excluding carboxylic acids is 1. The molecule has 0 radical (unpaired) electrons. The molecule has 0 aromatic heterocycles. The molecule has 3 N–H and O–H groups in total. The van der Waals surface area contributed by atoms with Crippen LogP contribution in [-0.4, -0.2) is 40.6 Å². The normalized spacial score (nSPS) is 27.4. The average molecular weight is 186 g/mol. The number of aliphatic hydroxyl groups is 1. The van der Waals surface area contributed by atoms with E-state index in [-0.39, 0.29) is 11.9 Å². The van der Waals surface area contributed by atoms with Gasteiger partial charge in [0.25, 0.3) is 0 Å². The molecule has 4 heteroatoms. The van der Waals surface area contributed by atoms with Crippen LogP contribution >= 0.6 is 0 Å². The maximum Gasteiger partial charge on any atom is 0.239 e. The fourth-order valence-electron chi connectivity index (χ4n) is 1.83. The highest BCUT2D eigenvalue weighted by atomic mass is 16.3. The number of hydrogen-bond donors (Lipinski definition) is 2. The molecule has 1 fully saturated rings. The van der Waals surface area contributed by atoms with Crippen LogP contribution in [0.3, 0.4) is 0 Å². The molecule has 0 spiro atoms. The minimum atomic E-state index is -0.459. The fourth-order valence-corrected chi connectivity index (χ4v) is 1.83. The summed E-state index contributed by atoms with van der Waals surface area (Å²) in [6.45, 7) is 4.13. The van der Waals surface area contributed by atoms with Gasteiger partial charge < -0.3 is 15.7 Å². The maximum absolute atomic E-state index is 11.5. The molecule has 0 saturated carbocycles. The molecule has 1 aliphatic rings. The van der Waals surface area contributed by atoms with Crippen molar-refractivity contribution < 1.29 is 9.90 Å². The first-order valence-corrected chi connectivity index (χ1v) is 4.78. The van der Waals surface area contributed by atoms with E-state index in [1.807, 2.05) is 0 Å². The van der Waals surface area contributed by atoms with Crippen molar-refractivity contribution in [1.82, 2.24) is 4.90 Å². The van der Waals surface area contributed by atoms with Gasteiger partial charge in [0.2, 0.25) is 5.91 Å². The van der Waals surface area contributed by atoms with Crippen molar-refractivity contribution in [3.05, 3.63) is 0 Å². The largest absolute Gasteiger partial charge is 0.391 e. The molecule has 1 rings (SSSR count). The van der Waals surface area contributed by atoms with Crippen molar-refractivity contribution in [3.8, 4) is 0 Å². The van der Waals surface area contributed by atoms with E-state index < -0.39 is 12.1 Å². The lowest BCUT2D eigenvalue weighted by molar-refractivity contribution is -0.134. The van der Waals surface area contributed by atoms with Gasteiger partial charge in [0.15, 0.2) is 0 Å². The van der Waals surface area contributed by atoms with E-state index in [1.54, 1.807) is 18.7 Å². The first kappa shape index (κ1) is 10.5. The van der Waals surface area contributed by atoms with Crippen molar-refractivity contribution in [2.45, 2.75) is 44.9 Å². The van der Waals surface area contributed by atoms with Crippen molar-refractivity contribution in [3.63, 3.8) is 0 Å². The maximum atomic E-state index is 11.5. The van der Waals surface area contributed by atoms with Crippen LogP contribution in [0.1, 0.15) is 26.7 Å². The number of likely N-dealkylation sites (tertiary alicyclic amines) is 1. The van der Waals surface area contributed by atoms with E-state index in [0.29, 0.717) is 0 Å².